The third kappa shape index (κ3) is 2.03. The van der Waals surface area contributed by atoms with Gasteiger partial charge in [-0.3, -0.25) is 4.79 Å². The Morgan fingerprint density at radius 1 is 1.28 bits per heavy atom. The Hall–Kier alpha value is -1.35. The molecule has 1 saturated carbocycles. The molecule has 2 atom stereocenters. The molecule has 96 valence electrons. The largest absolute Gasteiger partial charge is 0.374 e. The van der Waals surface area contributed by atoms with E-state index < -0.39 is 0 Å². The van der Waals surface area contributed by atoms with Crippen molar-refractivity contribution in [2.45, 2.75) is 38.3 Å². The average Bonchev–Trinajstić information content (AvgIpc) is 2.87. The predicted octanol–water partition coefficient (Wildman–Crippen LogP) is 2.39. The van der Waals surface area contributed by atoms with Crippen molar-refractivity contribution in [3.63, 3.8) is 0 Å². The smallest absolute Gasteiger partial charge is 0.254 e. The molecular formula is C15H19NO2. The molecular weight excluding hydrogens is 226 g/mol. The molecule has 1 aromatic carbocycles. The van der Waals surface area contributed by atoms with Crippen LogP contribution in [0.15, 0.2) is 24.3 Å². The van der Waals surface area contributed by atoms with Crippen LogP contribution in [0.4, 0.5) is 0 Å². The predicted molar refractivity (Wildman–Crippen MR) is 69.6 cm³/mol. The van der Waals surface area contributed by atoms with Gasteiger partial charge in [-0.15, -0.1) is 0 Å². The fourth-order valence-corrected chi connectivity index (χ4v) is 3.04. The molecule has 3 rings (SSSR count). The molecule has 0 aromatic heterocycles. The maximum atomic E-state index is 12.5. The Morgan fingerprint density at radius 2 is 2.06 bits per heavy atom. The lowest BCUT2D eigenvalue weighted by Crippen LogP contribution is -2.51. The van der Waals surface area contributed by atoms with Crippen molar-refractivity contribution in [1.29, 1.82) is 0 Å². The highest BCUT2D eigenvalue weighted by molar-refractivity contribution is 5.94. The van der Waals surface area contributed by atoms with Crippen molar-refractivity contribution in [2.24, 2.45) is 0 Å². The number of morpholine rings is 1. The van der Waals surface area contributed by atoms with Crippen LogP contribution in [-0.4, -0.2) is 36.1 Å². The van der Waals surface area contributed by atoms with Gasteiger partial charge in [-0.1, -0.05) is 17.7 Å². The summed E-state index contributed by atoms with van der Waals surface area (Å²) in [5.74, 6) is 0.162. The summed E-state index contributed by atoms with van der Waals surface area (Å²) in [6, 6.07) is 8.15. The number of ether oxygens (including phenoxy) is 1. The molecule has 1 aliphatic carbocycles. The summed E-state index contributed by atoms with van der Waals surface area (Å²) in [6.07, 6.45) is 3.63. The van der Waals surface area contributed by atoms with E-state index in [1.165, 1.54) is 12.0 Å². The van der Waals surface area contributed by atoms with Gasteiger partial charge < -0.3 is 9.64 Å². The van der Waals surface area contributed by atoms with E-state index in [0.717, 1.165) is 24.9 Å². The van der Waals surface area contributed by atoms with Crippen LogP contribution < -0.4 is 0 Å². The van der Waals surface area contributed by atoms with Crippen molar-refractivity contribution in [1.82, 2.24) is 4.90 Å². The van der Waals surface area contributed by atoms with Gasteiger partial charge in [0.1, 0.15) is 0 Å². The molecule has 2 fully saturated rings. The number of rotatable bonds is 1. The van der Waals surface area contributed by atoms with E-state index in [1.807, 2.05) is 36.1 Å². The topological polar surface area (TPSA) is 29.5 Å². The number of hydrogen-bond donors (Lipinski definition) is 0. The SMILES string of the molecule is Cc1ccc(C(=O)N2CCOC3CCCC32)cc1. The molecule has 3 nitrogen and oxygen atoms in total. The number of fused-ring (bicyclic) bond motifs is 1. The van der Waals surface area contributed by atoms with Crippen molar-refractivity contribution in [3.8, 4) is 0 Å². The summed E-state index contributed by atoms with van der Waals surface area (Å²) in [5.41, 5.74) is 1.99. The van der Waals surface area contributed by atoms with Crippen molar-refractivity contribution < 1.29 is 9.53 Å². The highest BCUT2D eigenvalue weighted by Gasteiger charge is 2.38. The van der Waals surface area contributed by atoms with Gasteiger partial charge in [0.2, 0.25) is 0 Å². The third-order valence-electron chi connectivity index (χ3n) is 4.04. The highest BCUT2D eigenvalue weighted by atomic mass is 16.5. The first-order valence-electron chi connectivity index (χ1n) is 6.75. The van der Waals surface area contributed by atoms with Crippen LogP contribution in [0.1, 0.15) is 35.2 Å². The van der Waals surface area contributed by atoms with Crippen LogP contribution in [0.3, 0.4) is 0 Å². The highest BCUT2D eigenvalue weighted by Crippen LogP contribution is 2.30. The number of aryl methyl sites for hydroxylation is 1. The normalized spacial score (nSPS) is 27.1. The fraction of sp³-hybridized carbons (Fsp3) is 0.533. The van der Waals surface area contributed by atoms with Crippen LogP contribution in [0.2, 0.25) is 0 Å². The van der Waals surface area contributed by atoms with Gasteiger partial charge in [0.25, 0.3) is 5.91 Å². The summed E-state index contributed by atoms with van der Waals surface area (Å²) in [7, 11) is 0. The first-order chi connectivity index (χ1) is 8.75. The molecule has 2 aliphatic rings. The summed E-state index contributed by atoms with van der Waals surface area (Å²) in [4.78, 5) is 14.5. The van der Waals surface area contributed by atoms with Crippen molar-refractivity contribution >= 4 is 5.91 Å². The molecule has 1 aromatic rings. The van der Waals surface area contributed by atoms with E-state index in [1.54, 1.807) is 0 Å². The van der Waals surface area contributed by atoms with Crippen LogP contribution in [0, 0.1) is 6.92 Å². The average molecular weight is 245 g/mol. The van der Waals surface area contributed by atoms with Gasteiger partial charge in [0, 0.05) is 12.1 Å². The van der Waals surface area contributed by atoms with Gasteiger partial charge in [0.15, 0.2) is 0 Å². The second-order valence-corrected chi connectivity index (χ2v) is 5.27. The minimum absolute atomic E-state index is 0.162. The van der Waals surface area contributed by atoms with Crippen LogP contribution in [-0.2, 0) is 4.74 Å². The van der Waals surface area contributed by atoms with Gasteiger partial charge in [-0.25, -0.2) is 0 Å². The molecule has 1 amide bonds. The Bertz CT molecular complexity index is 440. The molecule has 0 spiro atoms. The lowest BCUT2D eigenvalue weighted by atomic mass is 10.1. The number of benzene rings is 1. The molecule has 1 heterocycles. The zero-order chi connectivity index (χ0) is 12.5. The summed E-state index contributed by atoms with van der Waals surface area (Å²) >= 11 is 0. The Balaban J connectivity index is 1.81. The minimum atomic E-state index is 0.162. The van der Waals surface area contributed by atoms with E-state index in [9.17, 15) is 4.79 Å². The Morgan fingerprint density at radius 3 is 2.83 bits per heavy atom. The van der Waals surface area contributed by atoms with Gasteiger partial charge in [0.05, 0.1) is 18.8 Å². The van der Waals surface area contributed by atoms with E-state index in [0.29, 0.717) is 12.6 Å². The lowest BCUT2D eigenvalue weighted by molar-refractivity contribution is -0.0445. The van der Waals surface area contributed by atoms with Crippen molar-refractivity contribution in [2.75, 3.05) is 13.2 Å². The maximum Gasteiger partial charge on any atom is 0.254 e. The zero-order valence-electron chi connectivity index (χ0n) is 10.8. The summed E-state index contributed by atoms with van der Waals surface area (Å²) in [5, 5.41) is 0. The van der Waals surface area contributed by atoms with E-state index in [4.69, 9.17) is 4.74 Å². The monoisotopic (exact) mass is 245 g/mol. The number of carbonyl (C=O) groups is 1. The van der Waals surface area contributed by atoms with Crippen molar-refractivity contribution in [3.05, 3.63) is 35.4 Å². The first-order valence-corrected chi connectivity index (χ1v) is 6.75. The number of amides is 1. The zero-order valence-corrected chi connectivity index (χ0v) is 10.8. The number of hydrogen-bond acceptors (Lipinski definition) is 2. The quantitative estimate of drug-likeness (QED) is 0.760. The molecule has 3 heteroatoms. The Kier molecular flexibility index (Phi) is 3.08. The molecule has 0 radical (unpaired) electrons. The minimum Gasteiger partial charge on any atom is -0.374 e. The van der Waals surface area contributed by atoms with Gasteiger partial charge in [-0.2, -0.15) is 0 Å². The lowest BCUT2D eigenvalue weighted by Gasteiger charge is -2.37. The maximum absolute atomic E-state index is 12.5. The second kappa shape index (κ2) is 4.73. The first kappa shape index (κ1) is 11.7. The molecule has 18 heavy (non-hydrogen) atoms. The fourth-order valence-electron chi connectivity index (χ4n) is 3.04. The van der Waals surface area contributed by atoms with E-state index in [-0.39, 0.29) is 12.0 Å². The Labute approximate surface area is 108 Å². The second-order valence-electron chi connectivity index (χ2n) is 5.27. The molecule has 2 unspecified atom stereocenters. The standard InChI is InChI=1S/C15H19NO2/c1-11-5-7-12(8-6-11)15(17)16-9-10-18-14-4-2-3-13(14)16/h5-8,13-14H,2-4,9-10H2,1H3. The molecule has 0 N–H and O–H groups in total. The molecule has 0 bridgehead atoms. The van der Waals surface area contributed by atoms with Crippen LogP contribution in [0.5, 0.6) is 0 Å². The van der Waals surface area contributed by atoms with Crippen LogP contribution >= 0.6 is 0 Å². The summed E-state index contributed by atoms with van der Waals surface area (Å²) < 4.78 is 5.74. The number of carbonyl (C=O) groups excluding carboxylic acids is 1. The number of nitrogens with zero attached hydrogens (tertiary/aromatic N) is 1. The van der Waals surface area contributed by atoms with E-state index in [2.05, 4.69) is 0 Å². The van der Waals surface area contributed by atoms with E-state index >= 15 is 0 Å². The molecule has 1 saturated heterocycles. The van der Waals surface area contributed by atoms with Crippen LogP contribution in [0.25, 0.3) is 0 Å². The molecule has 1 aliphatic heterocycles. The van der Waals surface area contributed by atoms with Gasteiger partial charge >= 0.3 is 0 Å². The van der Waals surface area contributed by atoms with Gasteiger partial charge in [-0.05, 0) is 38.3 Å². The summed E-state index contributed by atoms with van der Waals surface area (Å²) in [6.45, 7) is 3.45. The third-order valence-corrected chi connectivity index (χ3v) is 4.04.